The van der Waals surface area contributed by atoms with E-state index in [9.17, 15) is 9.59 Å². The summed E-state index contributed by atoms with van der Waals surface area (Å²) in [4.78, 5) is 26.2. The highest BCUT2D eigenvalue weighted by Gasteiger charge is 2.32. The first-order chi connectivity index (χ1) is 15.5. The molecule has 6 nitrogen and oxygen atoms in total. The van der Waals surface area contributed by atoms with E-state index in [1.807, 2.05) is 68.4 Å². The molecule has 0 spiro atoms. The molecule has 0 bridgehead atoms. The molecule has 3 aromatic carbocycles. The third kappa shape index (κ3) is 5.02. The Morgan fingerprint density at radius 3 is 1.78 bits per heavy atom. The van der Waals surface area contributed by atoms with E-state index in [0.717, 1.165) is 5.56 Å². The van der Waals surface area contributed by atoms with E-state index in [0.29, 0.717) is 10.8 Å². The van der Waals surface area contributed by atoms with Crippen molar-refractivity contribution in [2.45, 2.75) is 40.4 Å². The number of ether oxygens (including phenoxy) is 4. The molecule has 0 fully saturated rings. The number of rotatable bonds is 9. The largest absolute Gasteiger partial charge is 0.489 e. The number of hydrogen-bond donors (Lipinski definition) is 0. The van der Waals surface area contributed by atoms with Crippen molar-refractivity contribution in [1.29, 1.82) is 0 Å². The zero-order chi connectivity index (χ0) is 23.1. The second-order valence-electron chi connectivity index (χ2n) is 7.34. The van der Waals surface area contributed by atoms with E-state index < -0.39 is 11.9 Å². The fourth-order valence-corrected chi connectivity index (χ4v) is 3.41. The van der Waals surface area contributed by atoms with Gasteiger partial charge in [-0.05, 0) is 33.3 Å². The van der Waals surface area contributed by atoms with Crippen molar-refractivity contribution in [3.63, 3.8) is 0 Å². The van der Waals surface area contributed by atoms with Crippen molar-refractivity contribution in [1.82, 2.24) is 0 Å². The monoisotopic (exact) mass is 436 g/mol. The van der Waals surface area contributed by atoms with Crippen molar-refractivity contribution < 1.29 is 28.5 Å². The molecule has 0 radical (unpaired) electrons. The third-order valence-corrected chi connectivity index (χ3v) is 4.66. The summed E-state index contributed by atoms with van der Waals surface area (Å²) in [5, 5.41) is 1.30. The van der Waals surface area contributed by atoms with Gasteiger partial charge in [0, 0.05) is 10.8 Å². The summed E-state index contributed by atoms with van der Waals surface area (Å²) in [6.07, 6.45) is -0.238. The van der Waals surface area contributed by atoms with E-state index in [-0.39, 0.29) is 48.6 Å². The number of benzene rings is 3. The number of fused-ring (bicyclic) bond motifs is 1. The van der Waals surface area contributed by atoms with Crippen LogP contribution in [0.25, 0.3) is 10.8 Å². The molecular weight excluding hydrogens is 408 g/mol. The van der Waals surface area contributed by atoms with Gasteiger partial charge in [-0.15, -0.1) is 0 Å². The van der Waals surface area contributed by atoms with Gasteiger partial charge in [-0.3, -0.25) is 0 Å². The molecule has 0 aliphatic carbocycles. The minimum absolute atomic E-state index is 0.00980. The Morgan fingerprint density at radius 2 is 1.25 bits per heavy atom. The third-order valence-electron chi connectivity index (χ3n) is 4.66. The molecule has 6 heteroatoms. The lowest BCUT2D eigenvalue weighted by Gasteiger charge is -2.22. The Hall–Kier alpha value is -3.54. The SMILES string of the molecule is CCOC(=O)c1c(C(=O)OCC)c(OC(C)C)c2ccccc2c1OCc1ccccc1. The maximum atomic E-state index is 13.1. The second kappa shape index (κ2) is 10.7. The highest BCUT2D eigenvalue weighted by atomic mass is 16.5. The van der Waals surface area contributed by atoms with Crippen molar-refractivity contribution in [2.24, 2.45) is 0 Å². The standard InChI is InChI=1S/C26H28O6/c1-5-29-25(27)21-22(26(28)30-6-2)24(32-17(3)4)20-15-11-10-14-19(20)23(21)31-16-18-12-8-7-9-13-18/h7-15,17H,5-6,16H2,1-4H3. The van der Waals surface area contributed by atoms with Gasteiger partial charge < -0.3 is 18.9 Å². The molecule has 0 heterocycles. The zero-order valence-corrected chi connectivity index (χ0v) is 18.8. The first-order valence-corrected chi connectivity index (χ1v) is 10.7. The van der Waals surface area contributed by atoms with Crippen LogP contribution in [-0.2, 0) is 16.1 Å². The van der Waals surface area contributed by atoms with Gasteiger partial charge in [0.25, 0.3) is 0 Å². The van der Waals surface area contributed by atoms with Crippen LogP contribution in [0.15, 0.2) is 54.6 Å². The normalized spacial score (nSPS) is 10.8. The molecule has 0 aromatic heterocycles. The van der Waals surface area contributed by atoms with Crippen LogP contribution < -0.4 is 9.47 Å². The van der Waals surface area contributed by atoms with Crippen LogP contribution in [0.3, 0.4) is 0 Å². The lowest BCUT2D eigenvalue weighted by molar-refractivity contribution is 0.0469. The Labute approximate surface area is 188 Å². The summed E-state index contributed by atoms with van der Waals surface area (Å²) in [6.45, 7) is 7.63. The Balaban J connectivity index is 2.31. The summed E-state index contributed by atoms with van der Waals surface area (Å²) in [5.41, 5.74) is 0.947. The molecule has 3 rings (SSSR count). The van der Waals surface area contributed by atoms with E-state index in [1.165, 1.54) is 0 Å². The van der Waals surface area contributed by atoms with Crippen LogP contribution in [0.5, 0.6) is 11.5 Å². The van der Waals surface area contributed by atoms with E-state index in [4.69, 9.17) is 18.9 Å². The topological polar surface area (TPSA) is 71.1 Å². The molecule has 0 unspecified atom stereocenters. The molecule has 0 atom stereocenters. The van der Waals surface area contributed by atoms with Crippen molar-refractivity contribution in [2.75, 3.05) is 13.2 Å². The van der Waals surface area contributed by atoms with Gasteiger partial charge in [-0.1, -0.05) is 54.6 Å². The molecule has 0 aliphatic heterocycles. The van der Waals surface area contributed by atoms with Crippen molar-refractivity contribution in [3.8, 4) is 11.5 Å². The first-order valence-electron chi connectivity index (χ1n) is 10.7. The average molecular weight is 437 g/mol. The molecular formula is C26H28O6. The molecule has 168 valence electrons. The fraction of sp³-hybridized carbons (Fsp3) is 0.308. The Morgan fingerprint density at radius 1 is 0.750 bits per heavy atom. The van der Waals surface area contributed by atoms with Gasteiger partial charge in [0.1, 0.15) is 29.2 Å². The van der Waals surface area contributed by atoms with Crippen molar-refractivity contribution in [3.05, 3.63) is 71.3 Å². The van der Waals surface area contributed by atoms with Crippen molar-refractivity contribution >= 4 is 22.7 Å². The molecule has 0 saturated carbocycles. The van der Waals surface area contributed by atoms with Crippen LogP contribution in [0.4, 0.5) is 0 Å². The summed E-state index contributed by atoms with van der Waals surface area (Å²) in [7, 11) is 0. The van der Waals surface area contributed by atoms with E-state index >= 15 is 0 Å². The number of carbonyl (C=O) groups excluding carboxylic acids is 2. The van der Waals surface area contributed by atoms with Gasteiger partial charge in [0.15, 0.2) is 0 Å². The van der Waals surface area contributed by atoms with Crippen LogP contribution in [0.1, 0.15) is 54.0 Å². The molecule has 3 aromatic rings. The predicted molar refractivity (Wildman–Crippen MR) is 122 cm³/mol. The predicted octanol–water partition coefficient (Wildman–Crippen LogP) is 5.56. The fourth-order valence-electron chi connectivity index (χ4n) is 3.41. The molecule has 0 amide bonds. The lowest BCUT2D eigenvalue weighted by atomic mass is 9.97. The van der Waals surface area contributed by atoms with E-state index in [2.05, 4.69) is 0 Å². The first kappa shape index (κ1) is 23.1. The minimum Gasteiger partial charge on any atom is -0.489 e. The smallest absolute Gasteiger partial charge is 0.342 e. The summed E-state index contributed by atoms with van der Waals surface area (Å²) in [5.74, 6) is -0.786. The maximum absolute atomic E-state index is 13.1. The van der Waals surface area contributed by atoms with Crippen LogP contribution in [0.2, 0.25) is 0 Å². The minimum atomic E-state index is -0.669. The average Bonchev–Trinajstić information content (AvgIpc) is 2.78. The quantitative estimate of drug-likeness (QED) is 0.409. The molecule has 0 saturated heterocycles. The van der Waals surface area contributed by atoms with Gasteiger partial charge in [0.2, 0.25) is 0 Å². The van der Waals surface area contributed by atoms with Gasteiger partial charge in [-0.25, -0.2) is 9.59 Å². The second-order valence-corrected chi connectivity index (χ2v) is 7.34. The zero-order valence-electron chi connectivity index (χ0n) is 18.8. The van der Waals surface area contributed by atoms with Crippen LogP contribution in [-0.4, -0.2) is 31.3 Å². The Kier molecular flexibility index (Phi) is 7.71. The molecule has 32 heavy (non-hydrogen) atoms. The number of esters is 2. The van der Waals surface area contributed by atoms with Gasteiger partial charge in [0.05, 0.1) is 19.3 Å². The molecule has 0 N–H and O–H groups in total. The highest BCUT2D eigenvalue weighted by molar-refractivity contribution is 6.14. The van der Waals surface area contributed by atoms with Gasteiger partial charge >= 0.3 is 11.9 Å². The highest BCUT2D eigenvalue weighted by Crippen LogP contribution is 2.42. The summed E-state index contributed by atoms with van der Waals surface area (Å²) < 4.78 is 22.8. The number of hydrogen-bond acceptors (Lipinski definition) is 6. The Bertz CT molecular complexity index is 1090. The summed E-state index contributed by atoms with van der Waals surface area (Å²) >= 11 is 0. The molecule has 0 aliphatic rings. The van der Waals surface area contributed by atoms with E-state index in [1.54, 1.807) is 13.8 Å². The van der Waals surface area contributed by atoms with Gasteiger partial charge in [-0.2, -0.15) is 0 Å². The maximum Gasteiger partial charge on any atom is 0.342 e. The lowest BCUT2D eigenvalue weighted by Crippen LogP contribution is -2.19. The number of carbonyl (C=O) groups is 2. The van der Waals surface area contributed by atoms with Crippen LogP contribution >= 0.6 is 0 Å². The van der Waals surface area contributed by atoms with Crippen LogP contribution in [0, 0.1) is 0 Å². The summed E-state index contributed by atoms with van der Waals surface area (Å²) in [6, 6.07) is 16.9.